The quantitative estimate of drug-likeness (QED) is 0.753. The molecule has 2 rings (SSSR count). The highest BCUT2D eigenvalue weighted by Gasteiger charge is 2.27. The molecule has 4 heteroatoms. The fourth-order valence-electron chi connectivity index (χ4n) is 2.87. The second-order valence-corrected chi connectivity index (χ2v) is 5.59. The molecule has 1 aliphatic heterocycles. The highest BCUT2D eigenvalue weighted by Crippen LogP contribution is 2.21. The zero-order valence-corrected chi connectivity index (χ0v) is 12.9. The Hall–Kier alpha value is -1.06. The van der Waals surface area contributed by atoms with Crippen molar-refractivity contribution in [2.75, 3.05) is 25.5 Å². The number of amides is 1. The highest BCUT2D eigenvalue weighted by molar-refractivity contribution is 6.27. The minimum atomic E-state index is 0.0423. The number of carbonyl (C=O) groups is 1. The molecule has 1 heterocycles. The summed E-state index contributed by atoms with van der Waals surface area (Å²) in [5, 5.41) is 0. The number of hydrogen-bond acceptors (Lipinski definition) is 2. The lowest BCUT2D eigenvalue weighted by Crippen LogP contribution is -2.43. The molecular weight excluding hydrogens is 272 g/mol. The van der Waals surface area contributed by atoms with E-state index >= 15 is 0 Å². The van der Waals surface area contributed by atoms with E-state index in [2.05, 4.69) is 29.2 Å². The van der Waals surface area contributed by atoms with Gasteiger partial charge in [0.25, 0.3) is 0 Å². The van der Waals surface area contributed by atoms with Gasteiger partial charge in [-0.25, -0.2) is 0 Å². The van der Waals surface area contributed by atoms with Crippen molar-refractivity contribution in [1.29, 1.82) is 0 Å². The van der Waals surface area contributed by atoms with Gasteiger partial charge >= 0.3 is 0 Å². The first-order valence-electron chi connectivity index (χ1n) is 7.36. The smallest absolute Gasteiger partial charge is 0.237 e. The van der Waals surface area contributed by atoms with E-state index in [0.29, 0.717) is 6.04 Å². The Bertz CT molecular complexity index is 424. The van der Waals surface area contributed by atoms with Gasteiger partial charge < -0.3 is 4.90 Å². The molecule has 0 spiro atoms. The highest BCUT2D eigenvalue weighted by atomic mass is 35.5. The van der Waals surface area contributed by atoms with Crippen molar-refractivity contribution >= 4 is 17.5 Å². The van der Waals surface area contributed by atoms with Crippen molar-refractivity contribution in [3.8, 4) is 0 Å². The Labute approximate surface area is 126 Å². The molecule has 0 N–H and O–H groups in total. The van der Waals surface area contributed by atoms with E-state index in [1.165, 1.54) is 18.4 Å². The lowest BCUT2D eigenvalue weighted by atomic mass is 10.1. The van der Waals surface area contributed by atoms with Gasteiger partial charge in [-0.05, 0) is 31.9 Å². The largest absolute Gasteiger partial charge is 0.340 e. The number of hydrogen-bond donors (Lipinski definition) is 0. The van der Waals surface area contributed by atoms with Crippen LogP contribution in [0.5, 0.6) is 0 Å². The zero-order chi connectivity index (χ0) is 14.4. The first-order chi connectivity index (χ1) is 9.74. The van der Waals surface area contributed by atoms with Crippen LogP contribution < -0.4 is 0 Å². The molecule has 0 aliphatic carbocycles. The Morgan fingerprint density at radius 2 is 2.15 bits per heavy atom. The van der Waals surface area contributed by atoms with E-state index in [4.69, 9.17) is 11.6 Å². The van der Waals surface area contributed by atoms with Gasteiger partial charge in [-0.2, -0.15) is 0 Å². The van der Waals surface area contributed by atoms with Gasteiger partial charge in [-0.3, -0.25) is 9.69 Å². The van der Waals surface area contributed by atoms with E-state index in [9.17, 15) is 4.79 Å². The van der Waals surface area contributed by atoms with Crippen molar-refractivity contribution in [3.63, 3.8) is 0 Å². The summed E-state index contributed by atoms with van der Waals surface area (Å²) in [5.74, 6) is 0.125. The molecule has 1 amide bonds. The molecule has 110 valence electrons. The second kappa shape index (κ2) is 7.65. The van der Waals surface area contributed by atoms with E-state index < -0.39 is 0 Å². The number of nitrogens with zero attached hydrogens (tertiary/aromatic N) is 2. The number of likely N-dealkylation sites (tertiary alicyclic amines) is 1. The van der Waals surface area contributed by atoms with Gasteiger partial charge in [0.2, 0.25) is 5.91 Å². The third kappa shape index (κ3) is 3.97. The number of alkyl halides is 1. The molecule has 1 aromatic carbocycles. The van der Waals surface area contributed by atoms with Crippen LogP contribution in [0.4, 0.5) is 0 Å². The molecule has 1 saturated heterocycles. The van der Waals surface area contributed by atoms with E-state index in [0.717, 1.165) is 26.2 Å². The lowest BCUT2D eigenvalue weighted by molar-refractivity contribution is -0.129. The first-order valence-corrected chi connectivity index (χ1v) is 7.89. The fourth-order valence-corrected chi connectivity index (χ4v) is 3.04. The maximum absolute atomic E-state index is 11.8. The van der Waals surface area contributed by atoms with Crippen LogP contribution in [0.25, 0.3) is 0 Å². The van der Waals surface area contributed by atoms with Crippen LogP contribution in [0.15, 0.2) is 30.3 Å². The molecular formula is C16H23ClN2O. The third-order valence-electron chi connectivity index (χ3n) is 4.01. The van der Waals surface area contributed by atoms with Crippen molar-refractivity contribution < 1.29 is 4.79 Å². The van der Waals surface area contributed by atoms with Crippen molar-refractivity contribution in [2.24, 2.45) is 0 Å². The molecule has 20 heavy (non-hydrogen) atoms. The Morgan fingerprint density at radius 1 is 1.40 bits per heavy atom. The minimum Gasteiger partial charge on any atom is -0.340 e. The summed E-state index contributed by atoms with van der Waals surface area (Å²) < 4.78 is 0. The van der Waals surface area contributed by atoms with Crippen molar-refractivity contribution in [1.82, 2.24) is 9.80 Å². The second-order valence-electron chi connectivity index (χ2n) is 5.32. The van der Waals surface area contributed by atoms with Gasteiger partial charge in [-0.1, -0.05) is 30.3 Å². The van der Waals surface area contributed by atoms with E-state index in [1.807, 2.05) is 17.9 Å². The average Bonchev–Trinajstić information content (AvgIpc) is 2.92. The van der Waals surface area contributed by atoms with Gasteiger partial charge in [0.15, 0.2) is 0 Å². The summed E-state index contributed by atoms with van der Waals surface area (Å²) in [6, 6.07) is 11.0. The fraction of sp³-hybridized carbons (Fsp3) is 0.562. The molecule has 1 unspecified atom stereocenters. The number of rotatable bonds is 6. The van der Waals surface area contributed by atoms with Crippen LogP contribution in [0.3, 0.4) is 0 Å². The number of halogens is 1. The maximum atomic E-state index is 11.8. The van der Waals surface area contributed by atoms with Crippen molar-refractivity contribution in [2.45, 2.75) is 32.4 Å². The summed E-state index contributed by atoms with van der Waals surface area (Å²) in [6.07, 6.45) is 2.38. The standard InChI is InChI=1S/C16H23ClN2O/c1-2-18(16(20)11-17)13-15-9-6-10-19(15)12-14-7-4-3-5-8-14/h3-5,7-8,15H,2,6,9-13H2,1H3. The van der Waals surface area contributed by atoms with Crippen LogP contribution in [0.2, 0.25) is 0 Å². The van der Waals surface area contributed by atoms with Gasteiger partial charge in [0.05, 0.1) is 0 Å². The lowest BCUT2D eigenvalue weighted by Gasteiger charge is -2.30. The SMILES string of the molecule is CCN(CC1CCCN1Cc1ccccc1)C(=O)CCl. The molecule has 1 aromatic rings. The number of benzene rings is 1. The third-order valence-corrected chi connectivity index (χ3v) is 4.24. The normalized spacial score (nSPS) is 19.2. The molecule has 0 aromatic heterocycles. The first kappa shape index (κ1) is 15.3. The molecule has 0 saturated carbocycles. The number of likely N-dealkylation sites (N-methyl/N-ethyl adjacent to an activating group) is 1. The minimum absolute atomic E-state index is 0.0423. The van der Waals surface area contributed by atoms with E-state index in [1.54, 1.807) is 0 Å². The maximum Gasteiger partial charge on any atom is 0.237 e. The van der Waals surface area contributed by atoms with Crippen LogP contribution in [0.1, 0.15) is 25.3 Å². The topological polar surface area (TPSA) is 23.6 Å². The van der Waals surface area contributed by atoms with Crippen LogP contribution in [-0.2, 0) is 11.3 Å². The molecule has 1 aliphatic rings. The molecule has 0 radical (unpaired) electrons. The van der Waals surface area contributed by atoms with Crippen LogP contribution in [-0.4, -0.2) is 47.3 Å². The molecule has 0 bridgehead atoms. The molecule has 1 atom stereocenters. The Kier molecular flexibility index (Phi) is 5.86. The van der Waals surface area contributed by atoms with E-state index in [-0.39, 0.29) is 11.8 Å². The van der Waals surface area contributed by atoms with Gasteiger partial charge in [0, 0.05) is 25.7 Å². The average molecular weight is 295 g/mol. The predicted molar refractivity (Wildman–Crippen MR) is 82.8 cm³/mol. The monoisotopic (exact) mass is 294 g/mol. The number of carbonyl (C=O) groups excluding carboxylic acids is 1. The van der Waals surface area contributed by atoms with Gasteiger partial charge in [0.1, 0.15) is 5.88 Å². The van der Waals surface area contributed by atoms with Crippen LogP contribution >= 0.6 is 11.6 Å². The summed E-state index contributed by atoms with van der Waals surface area (Å²) in [4.78, 5) is 16.1. The summed E-state index contributed by atoms with van der Waals surface area (Å²) in [6.45, 7) is 5.64. The van der Waals surface area contributed by atoms with Gasteiger partial charge in [-0.15, -0.1) is 11.6 Å². The Balaban J connectivity index is 1.95. The predicted octanol–water partition coefficient (Wildman–Crippen LogP) is 2.74. The molecule has 1 fully saturated rings. The summed E-state index contributed by atoms with van der Waals surface area (Å²) >= 11 is 5.67. The van der Waals surface area contributed by atoms with Crippen molar-refractivity contribution in [3.05, 3.63) is 35.9 Å². The zero-order valence-electron chi connectivity index (χ0n) is 12.1. The molecule has 3 nitrogen and oxygen atoms in total. The summed E-state index contributed by atoms with van der Waals surface area (Å²) in [7, 11) is 0. The van der Waals surface area contributed by atoms with Crippen LogP contribution in [0, 0.1) is 0 Å². The summed E-state index contributed by atoms with van der Waals surface area (Å²) in [5.41, 5.74) is 1.34. The Morgan fingerprint density at radius 3 is 2.80 bits per heavy atom.